The molecule has 1 amide bonds. The summed E-state index contributed by atoms with van der Waals surface area (Å²) in [5, 5.41) is 24.3. The van der Waals surface area contributed by atoms with Gasteiger partial charge in [-0.2, -0.15) is 5.10 Å². The van der Waals surface area contributed by atoms with E-state index in [9.17, 15) is 20.0 Å². The molecule has 24 heavy (non-hydrogen) atoms. The van der Waals surface area contributed by atoms with Gasteiger partial charge in [-0.3, -0.25) is 14.9 Å². The third-order valence-corrected chi connectivity index (χ3v) is 3.16. The Morgan fingerprint density at radius 3 is 2.67 bits per heavy atom. The minimum atomic E-state index is -0.745. The summed E-state index contributed by atoms with van der Waals surface area (Å²) in [6.45, 7) is 3.37. The van der Waals surface area contributed by atoms with Crippen molar-refractivity contribution in [3.05, 3.63) is 51.0 Å². The molecule has 1 aromatic carbocycles. The number of methoxy groups -OCH3 is 1. The van der Waals surface area contributed by atoms with Crippen LogP contribution in [-0.2, 0) is 0 Å². The van der Waals surface area contributed by atoms with Gasteiger partial charge in [0.15, 0.2) is 5.75 Å². The molecule has 0 bridgehead atoms. The Hall–Kier alpha value is -3.36. The molecule has 0 unspecified atom stereocenters. The fourth-order valence-electron chi connectivity index (χ4n) is 2.07. The van der Waals surface area contributed by atoms with E-state index in [0.29, 0.717) is 17.1 Å². The van der Waals surface area contributed by atoms with Crippen molar-refractivity contribution in [3.8, 4) is 11.5 Å². The molecule has 1 heterocycles. The number of benzene rings is 1. The van der Waals surface area contributed by atoms with Gasteiger partial charge in [0.25, 0.3) is 5.91 Å². The first-order valence-corrected chi connectivity index (χ1v) is 6.79. The number of hydrogen-bond acceptors (Lipinski definition) is 7. The molecule has 0 aliphatic heterocycles. The number of ether oxygens (including phenoxy) is 1. The zero-order valence-corrected chi connectivity index (χ0v) is 13.2. The molecule has 0 saturated heterocycles. The highest BCUT2D eigenvalue weighted by Crippen LogP contribution is 2.36. The third-order valence-electron chi connectivity index (χ3n) is 3.16. The van der Waals surface area contributed by atoms with Crippen LogP contribution in [0.2, 0.25) is 0 Å². The number of furan rings is 1. The Kier molecular flexibility index (Phi) is 4.83. The molecule has 2 N–H and O–H groups in total. The molecule has 2 rings (SSSR count). The van der Waals surface area contributed by atoms with Crippen molar-refractivity contribution in [1.29, 1.82) is 0 Å². The van der Waals surface area contributed by atoms with E-state index in [-0.39, 0.29) is 11.3 Å². The van der Waals surface area contributed by atoms with E-state index in [0.717, 1.165) is 6.07 Å². The van der Waals surface area contributed by atoms with Gasteiger partial charge in [-0.15, -0.1) is 0 Å². The van der Waals surface area contributed by atoms with E-state index in [1.807, 2.05) is 0 Å². The average molecular weight is 333 g/mol. The van der Waals surface area contributed by atoms with Gasteiger partial charge >= 0.3 is 5.69 Å². The number of nitro benzene ring substituents is 1. The van der Waals surface area contributed by atoms with Crippen molar-refractivity contribution in [3.63, 3.8) is 0 Å². The number of carbonyl (C=O) groups is 1. The van der Waals surface area contributed by atoms with Crippen LogP contribution in [0.1, 0.15) is 27.4 Å². The second-order valence-electron chi connectivity index (χ2n) is 4.87. The Bertz CT molecular complexity index is 825. The van der Waals surface area contributed by atoms with Gasteiger partial charge in [-0.25, -0.2) is 5.43 Å². The van der Waals surface area contributed by atoms with Crippen LogP contribution in [0.15, 0.2) is 27.7 Å². The highest BCUT2D eigenvalue weighted by Gasteiger charge is 2.19. The normalized spacial score (nSPS) is 10.8. The molecule has 0 fully saturated rings. The number of phenols is 1. The summed E-state index contributed by atoms with van der Waals surface area (Å²) in [5.74, 6) is -0.0602. The Morgan fingerprint density at radius 2 is 2.12 bits per heavy atom. The van der Waals surface area contributed by atoms with E-state index in [4.69, 9.17) is 9.15 Å². The number of nitrogens with zero attached hydrogens (tertiary/aromatic N) is 2. The van der Waals surface area contributed by atoms with Gasteiger partial charge in [0, 0.05) is 11.6 Å². The Morgan fingerprint density at radius 1 is 1.42 bits per heavy atom. The molecule has 0 saturated carbocycles. The highest BCUT2D eigenvalue weighted by atomic mass is 16.6. The van der Waals surface area contributed by atoms with Crippen molar-refractivity contribution < 1.29 is 24.0 Å². The van der Waals surface area contributed by atoms with Crippen molar-refractivity contribution in [2.24, 2.45) is 5.10 Å². The SMILES string of the molecule is COc1cc(/C=N\NC(=O)c2cc(C)oc2C)cc([N+](=O)[O-])c1O. The molecule has 1 aromatic heterocycles. The average Bonchev–Trinajstić information content (AvgIpc) is 2.86. The molecule has 0 aliphatic carbocycles. The molecule has 0 spiro atoms. The summed E-state index contributed by atoms with van der Waals surface area (Å²) in [4.78, 5) is 22.1. The number of aryl methyl sites for hydroxylation is 2. The second kappa shape index (κ2) is 6.82. The number of carbonyl (C=O) groups excluding carboxylic acids is 1. The first-order valence-electron chi connectivity index (χ1n) is 6.79. The topological polar surface area (TPSA) is 127 Å². The maximum atomic E-state index is 12.0. The van der Waals surface area contributed by atoms with E-state index >= 15 is 0 Å². The van der Waals surface area contributed by atoms with Crippen LogP contribution in [0.25, 0.3) is 0 Å². The van der Waals surface area contributed by atoms with Gasteiger partial charge in [-0.05, 0) is 26.0 Å². The lowest BCUT2D eigenvalue weighted by Gasteiger charge is -2.05. The minimum absolute atomic E-state index is 0.0710. The van der Waals surface area contributed by atoms with Crippen LogP contribution in [0.5, 0.6) is 11.5 Å². The number of nitrogens with one attached hydrogen (secondary N) is 1. The van der Waals surface area contributed by atoms with Crippen LogP contribution in [-0.4, -0.2) is 29.3 Å². The molecule has 9 heteroatoms. The van der Waals surface area contributed by atoms with Gasteiger partial charge in [-0.1, -0.05) is 0 Å². The summed E-state index contributed by atoms with van der Waals surface area (Å²) in [6, 6.07) is 4.04. The number of nitro groups is 1. The first kappa shape index (κ1) is 17.0. The summed E-state index contributed by atoms with van der Waals surface area (Å²) >= 11 is 0. The third kappa shape index (κ3) is 3.51. The van der Waals surface area contributed by atoms with E-state index in [2.05, 4.69) is 10.5 Å². The zero-order valence-electron chi connectivity index (χ0n) is 13.2. The minimum Gasteiger partial charge on any atom is -0.500 e. The maximum Gasteiger partial charge on any atom is 0.315 e. The molecule has 0 aliphatic rings. The van der Waals surface area contributed by atoms with Crippen LogP contribution in [0.3, 0.4) is 0 Å². The number of phenolic OH excluding ortho intramolecular Hbond substituents is 1. The zero-order chi connectivity index (χ0) is 17.9. The predicted molar refractivity (Wildman–Crippen MR) is 84.6 cm³/mol. The lowest BCUT2D eigenvalue weighted by molar-refractivity contribution is -0.386. The van der Waals surface area contributed by atoms with Gasteiger partial charge in [0.2, 0.25) is 5.75 Å². The van der Waals surface area contributed by atoms with E-state index < -0.39 is 22.3 Å². The standard InChI is InChI=1S/C15H15N3O6/c1-8-4-11(9(2)24-8)15(20)17-16-7-10-5-12(18(21)22)14(19)13(6-10)23-3/h4-7,19H,1-3H3,(H,17,20)/b16-7-. The van der Waals surface area contributed by atoms with Gasteiger partial charge in [0.1, 0.15) is 11.5 Å². The van der Waals surface area contributed by atoms with Gasteiger partial charge in [0.05, 0.1) is 23.8 Å². The second-order valence-corrected chi connectivity index (χ2v) is 4.87. The predicted octanol–water partition coefficient (Wildman–Crippen LogP) is 2.28. The first-order chi connectivity index (χ1) is 11.3. The highest BCUT2D eigenvalue weighted by molar-refractivity contribution is 5.96. The summed E-state index contributed by atoms with van der Waals surface area (Å²) in [5.41, 5.74) is 2.40. The maximum absolute atomic E-state index is 12.0. The molecule has 126 valence electrons. The summed E-state index contributed by atoms with van der Waals surface area (Å²) < 4.78 is 10.1. The molecule has 0 radical (unpaired) electrons. The lowest BCUT2D eigenvalue weighted by Crippen LogP contribution is -2.17. The van der Waals surface area contributed by atoms with Crippen LogP contribution in [0, 0.1) is 24.0 Å². The number of rotatable bonds is 5. The molecular weight excluding hydrogens is 318 g/mol. The summed E-state index contributed by atoms with van der Waals surface area (Å²) in [7, 11) is 1.27. The quantitative estimate of drug-likeness (QED) is 0.491. The number of hydrogen-bond donors (Lipinski definition) is 2. The Labute approximate surface area is 136 Å². The van der Waals surface area contributed by atoms with E-state index in [1.54, 1.807) is 19.9 Å². The van der Waals surface area contributed by atoms with Crippen molar-refractivity contribution in [2.45, 2.75) is 13.8 Å². The lowest BCUT2D eigenvalue weighted by atomic mass is 10.2. The molecule has 2 aromatic rings. The summed E-state index contributed by atoms with van der Waals surface area (Å²) in [6.07, 6.45) is 1.20. The molecule has 9 nitrogen and oxygen atoms in total. The van der Waals surface area contributed by atoms with Crippen molar-refractivity contribution in [2.75, 3.05) is 7.11 Å². The number of amides is 1. The van der Waals surface area contributed by atoms with Crippen LogP contribution >= 0.6 is 0 Å². The number of aromatic hydroxyl groups is 1. The molecular formula is C15H15N3O6. The monoisotopic (exact) mass is 333 g/mol. The van der Waals surface area contributed by atoms with Gasteiger partial charge < -0.3 is 14.3 Å². The smallest absolute Gasteiger partial charge is 0.315 e. The van der Waals surface area contributed by atoms with Crippen LogP contribution in [0.4, 0.5) is 5.69 Å². The van der Waals surface area contributed by atoms with Crippen LogP contribution < -0.4 is 10.2 Å². The van der Waals surface area contributed by atoms with Crippen molar-refractivity contribution in [1.82, 2.24) is 5.43 Å². The number of hydrazone groups is 1. The molecule has 0 atom stereocenters. The fraction of sp³-hybridized carbons (Fsp3) is 0.200. The Balaban J connectivity index is 2.20. The van der Waals surface area contributed by atoms with E-state index in [1.165, 1.54) is 19.4 Å². The van der Waals surface area contributed by atoms with Crippen molar-refractivity contribution >= 4 is 17.8 Å². The fourth-order valence-corrected chi connectivity index (χ4v) is 2.07. The largest absolute Gasteiger partial charge is 0.500 e.